The van der Waals surface area contributed by atoms with Gasteiger partial charge in [0.1, 0.15) is 6.26 Å². The third-order valence-corrected chi connectivity index (χ3v) is 2.29. The molecule has 0 unspecified atom stereocenters. The van der Waals surface area contributed by atoms with E-state index < -0.39 is 17.5 Å². The normalized spacial score (nSPS) is 11.5. The van der Waals surface area contributed by atoms with Gasteiger partial charge in [-0.1, -0.05) is 13.3 Å². The van der Waals surface area contributed by atoms with E-state index in [9.17, 15) is 9.59 Å². The summed E-state index contributed by atoms with van der Waals surface area (Å²) >= 11 is 0. The number of unbranched alkanes of at least 4 members (excludes halogenated alkanes) is 1. The lowest BCUT2D eigenvalue weighted by molar-refractivity contribution is -0.135. The van der Waals surface area contributed by atoms with E-state index >= 15 is 0 Å². The molecule has 0 aliphatic rings. The zero-order valence-electron chi connectivity index (χ0n) is 9.47. The summed E-state index contributed by atoms with van der Waals surface area (Å²) in [6.45, 7) is 2.03. The van der Waals surface area contributed by atoms with Crippen LogP contribution >= 0.6 is 0 Å². The average Bonchev–Trinajstić information content (AvgIpc) is 2.74. The molecule has 2 N–H and O–H groups in total. The number of aliphatic hydroxyl groups is 1. The Bertz CT molecular complexity index is 442. The summed E-state index contributed by atoms with van der Waals surface area (Å²) < 4.78 is 4.93. The fourth-order valence-corrected chi connectivity index (χ4v) is 1.36. The first-order valence-corrected chi connectivity index (χ1v) is 5.29. The van der Waals surface area contributed by atoms with E-state index in [4.69, 9.17) is 14.6 Å². The van der Waals surface area contributed by atoms with E-state index in [0.29, 0.717) is 18.1 Å². The van der Waals surface area contributed by atoms with Crippen LogP contribution in [0.2, 0.25) is 0 Å². The molecule has 0 atom stereocenters. The second kappa shape index (κ2) is 5.89. The van der Waals surface area contributed by atoms with E-state index in [0.717, 1.165) is 18.4 Å². The van der Waals surface area contributed by atoms with Gasteiger partial charge in [-0.2, -0.15) is 0 Å². The summed E-state index contributed by atoms with van der Waals surface area (Å²) in [6, 6.07) is 0. The molecule has 1 heterocycles. The summed E-state index contributed by atoms with van der Waals surface area (Å²) in [6.07, 6.45) is 6.00. The van der Waals surface area contributed by atoms with Gasteiger partial charge >= 0.3 is 5.97 Å². The number of carboxylic acids is 1. The number of aliphatic hydroxyl groups excluding tert-OH is 1. The topological polar surface area (TPSA) is 87.7 Å². The lowest BCUT2D eigenvalue weighted by atomic mass is 10.0. The van der Waals surface area contributed by atoms with E-state index in [1.54, 1.807) is 0 Å². The summed E-state index contributed by atoms with van der Waals surface area (Å²) in [4.78, 5) is 22.0. The number of ketones is 1. The third-order valence-electron chi connectivity index (χ3n) is 2.29. The van der Waals surface area contributed by atoms with Crippen molar-refractivity contribution in [2.24, 2.45) is 0 Å². The Hall–Kier alpha value is -2.04. The molecule has 0 saturated carbocycles. The molecule has 0 saturated heterocycles. The van der Waals surface area contributed by atoms with Gasteiger partial charge in [0.15, 0.2) is 5.78 Å². The predicted octanol–water partition coefficient (Wildman–Crippen LogP) is 2.33. The molecule has 5 heteroatoms. The van der Waals surface area contributed by atoms with Crippen molar-refractivity contribution in [3.05, 3.63) is 35.5 Å². The summed E-state index contributed by atoms with van der Waals surface area (Å²) in [7, 11) is 0. The molecular weight excluding hydrogens is 224 g/mol. The largest absolute Gasteiger partial charge is 0.502 e. The number of furan rings is 1. The van der Waals surface area contributed by atoms with E-state index in [2.05, 4.69) is 0 Å². The van der Waals surface area contributed by atoms with E-state index in [-0.39, 0.29) is 0 Å². The van der Waals surface area contributed by atoms with Gasteiger partial charge in [0.2, 0.25) is 5.76 Å². The fraction of sp³-hybridized carbons (Fsp3) is 0.333. The minimum atomic E-state index is -1.53. The number of aryl methyl sites for hydroxylation is 1. The highest BCUT2D eigenvalue weighted by Crippen LogP contribution is 2.15. The van der Waals surface area contributed by atoms with Crippen LogP contribution in [0.1, 0.15) is 35.7 Å². The Morgan fingerprint density at radius 2 is 2.06 bits per heavy atom. The Labute approximate surface area is 98.4 Å². The molecule has 1 aromatic heterocycles. The number of rotatable bonds is 6. The van der Waals surface area contributed by atoms with Gasteiger partial charge in [0.25, 0.3) is 0 Å². The molecule has 17 heavy (non-hydrogen) atoms. The molecule has 0 aliphatic carbocycles. The van der Waals surface area contributed by atoms with E-state index in [1.807, 2.05) is 6.92 Å². The highest BCUT2D eigenvalue weighted by Gasteiger charge is 2.14. The molecule has 0 bridgehead atoms. The lowest BCUT2D eigenvalue weighted by Gasteiger charge is -1.98. The first-order valence-electron chi connectivity index (χ1n) is 5.29. The number of carbonyl (C=O) groups excluding carboxylic acids is 1. The predicted molar refractivity (Wildman–Crippen MR) is 60.0 cm³/mol. The molecule has 0 fully saturated rings. The van der Waals surface area contributed by atoms with Gasteiger partial charge in [-0.3, -0.25) is 4.79 Å². The Morgan fingerprint density at radius 1 is 1.35 bits per heavy atom. The van der Waals surface area contributed by atoms with Crippen molar-refractivity contribution in [1.82, 2.24) is 0 Å². The molecular formula is C12H14O5. The number of aliphatic carboxylic acids is 1. The van der Waals surface area contributed by atoms with Crippen LogP contribution in [0.3, 0.4) is 0 Å². The summed E-state index contributed by atoms with van der Waals surface area (Å²) in [5.74, 6) is -3.07. The van der Waals surface area contributed by atoms with Crippen molar-refractivity contribution in [2.75, 3.05) is 0 Å². The van der Waals surface area contributed by atoms with Gasteiger partial charge < -0.3 is 14.6 Å². The SMILES string of the molecule is CCCCc1cocc1C(=O)C=C(O)C(=O)O. The number of hydrogen-bond donors (Lipinski definition) is 2. The standard InChI is InChI=1S/C12H14O5/c1-2-3-4-8-6-17-7-9(8)10(13)5-11(14)12(15)16/h5-7,14H,2-4H2,1H3,(H,15,16). The maximum Gasteiger partial charge on any atom is 0.371 e. The Balaban J connectivity index is 2.86. The number of carboxylic acid groups (broad SMARTS) is 1. The zero-order valence-corrected chi connectivity index (χ0v) is 9.47. The third kappa shape index (κ3) is 3.48. The van der Waals surface area contributed by atoms with Gasteiger partial charge in [-0.05, 0) is 12.8 Å². The molecule has 5 nitrogen and oxygen atoms in total. The van der Waals surface area contributed by atoms with Crippen molar-refractivity contribution >= 4 is 11.8 Å². The molecule has 0 aromatic carbocycles. The molecule has 1 rings (SSSR count). The van der Waals surface area contributed by atoms with Crippen LogP contribution in [0, 0.1) is 0 Å². The zero-order chi connectivity index (χ0) is 12.8. The fourth-order valence-electron chi connectivity index (χ4n) is 1.36. The van der Waals surface area contributed by atoms with Crippen molar-refractivity contribution < 1.29 is 24.2 Å². The number of carbonyl (C=O) groups is 2. The minimum absolute atomic E-state index is 0.297. The Morgan fingerprint density at radius 3 is 2.65 bits per heavy atom. The smallest absolute Gasteiger partial charge is 0.371 e. The summed E-state index contributed by atoms with van der Waals surface area (Å²) in [5, 5.41) is 17.4. The van der Waals surface area contributed by atoms with Gasteiger partial charge in [0.05, 0.1) is 11.8 Å². The molecule has 0 spiro atoms. The molecule has 0 radical (unpaired) electrons. The van der Waals surface area contributed by atoms with Crippen LogP contribution in [-0.2, 0) is 11.2 Å². The van der Waals surface area contributed by atoms with Crippen LogP contribution in [0.15, 0.2) is 28.8 Å². The highest BCUT2D eigenvalue weighted by atomic mass is 16.4. The lowest BCUT2D eigenvalue weighted by Crippen LogP contribution is -2.04. The quantitative estimate of drug-likeness (QED) is 0.451. The second-order valence-corrected chi connectivity index (χ2v) is 3.61. The number of allylic oxidation sites excluding steroid dienone is 1. The second-order valence-electron chi connectivity index (χ2n) is 3.61. The highest BCUT2D eigenvalue weighted by molar-refractivity contribution is 6.08. The van der Waals surface area contributed by atoms with Gasteiger partial charge in [0, 0.05) is 11.6 Å². The Kier molecular flexibility index (Phi) is 4.51. The minimum Gasteiger partial charge on any atom is -0.502 e. The van der Waals surface area contributed by atoms with Crippen molar-refractivity contribution in [1.29, 1.82) is 0 Å². The number of hydrogen-bond acceptors (Lipinski definition) is 4. The maximum absolute atomic E-state index is 11.6. The van der Waals surface area contributed by atoms with Crippen molar-refractivity contribution in [3.63, 3.8) is 0 Å². The van der Waals surface area contributed by atoms with Crippen LogP contribution in [0.5, 0.6) is 0 Å². The molecule has 0 amide bonds. The molecule has 0 aliphatic heterocycles. The first kappa shape index (κ1) is 13.0. The average molecular weight is 238 g/mol. The molecule has 1 aromatic rings. The van der Waals surface area contributed by atoms with Crippen LogP contribution < -0.4 is 0 Å². The van der Waals surface area contributed by atoms with Gasteiger partial charge in [-0.25, -0.2) is 4.79 Å². The maximum atomic E-state index is 11.6. The van der Waals surface area contributed by atoms with Crippen LogP contribution in [-0.4, -0.2) is 22.0 Å². The van der Waals surface area contributed by atoms with Gasteiger partial charge in [-0.15, -0.1) is 0 Å². The monoisotopic (exact) mass is 238 g/mol. The van der Waals surface area contributed by atoms with Crippen LogP contribution in [0.25, 0.3) is 0 Å². The molecule has 92 valence electrons. The summed E-state index contributed by atoms with van der Waals surface area (Å²) in [5.41, 5.74) is 1.03. The van der Waals surface area contributed by atoms with E-state index in [1.165, 1.54) is 12.5 Å². The first-order chi connectivity index (χ1) is 8.06. The van der Waals surface area contributed by atoms with Crippen molar-refractivity contribution in [2.45, 2.75) is 26.2 Å². The van der Waals surface area contributed by atoms with Crippen molar-refractivity contribution in [3.8, 4) is 0 Å². The van der Waals surface area contributed by atoms with Crippen LogP contribution in [0.4, 0.5) is 0 Å².